The van der Waals surface area contributed by atoms with Crippen LogP contribution in [0.3, 0.4) is 0 Å². The summed E-state index contributed by atoms with van der Waals surface area (Å²) in [5.41, 5.74) is -0.221. The summed E-state index contributed by atoms with van der Waals surface area (Å²) in [5.74, 6) is 0.0273. The number of halogens is 3. The van der Waals surface area contributed by atoms with Crippen molar-refractivity contribution in [2.45, 2.75) is 6.18 Å². The molecule has 148 valence electrons. The van der Waals surface area contributed by atoms with Gasteiger partial charge in [-0.05, 0) is 36.4 Å². The van der Waals surface area contributed by atoms with Gasteiger partial charge in [0.1, 0.15) is 5.82 Å². The highest BCUT2D eigenvalue weighted by molar-refractivity contribution is 5.99. The Labute approximate surface area is 158 Å². The Morgan fingerprint density at radius 3 is 2.25 bits per heavy atom. The molecular formula is C18H17F3N4O3. The van der Waals surface area contributed by atoms with Crippen LogP contribution in [-0.2, 0) is 10.9 Å². The van der Waals surface area contributed by atoms with Gasteiger partial charge in [0.25, 0.3) is 5.91 Å². The van der Waals surface area contributed by atoms with E-state index in [2.05, 4.69) is 15.6 Å². The Morgan fingerprint density at radius 1 is 1.00 bits per heavy atom. The molecule has 1 fully saturated rings. The zero-order valence-electron chi connectivity index (χ0n) is 14.6. The summed E-state index contributed by atoms with van der Waals surface area (Å²) in [5, 5.41) is 4.86. The van der Waals surface area contributed by atoms with E-state index in [1.807, 2.05) is 0 Å². The number of urea groups is 1. The number of carbonyl (C=O) groups is 2. The molecule has 1 aliphatic rings. The van der Waals surface area contributed by atoms with Gasteiger partial charge in [-0.25, -0.2) is 9.78 Å². The average molecular weight is 394 g/mol. The Balaban J connectivity index is 1.56. The van der Waals surface area contributed by atoms with Gasteiger partial charge in [0.05, 0.1) is 24.3 Å². The number of nitrogens with zero attached hydrogens (tertiary/aromatic N) is 2. The van der Waals surface area contributed by atoms with Crippen molar-refractivity contribution < 1.29 is 27.5 Å². The first-order valence-electron chi connectivity index (χ1n) is 8.41. The van der Waals surface area contributed by atoms with Crippen LogP contribution in [0.4, 0.5) is 29.5 Å². The molecule has 0 radical (unpaired) electrons. The maximum Gasteiger partial charge on any atom is 0.416 e. The second kappa shape index (κ2) is 8.26. The molecule has 0 saturated carbocycles. The Kier molecular flexibility index (Phi) is 5.78. The van der Waals surface area contributed by atoms with E-state index in [0.717, 1.165) is 24.3 Å². The van der Waals surface area contributed by atoms with Gasteiger partial charge in [0, 0.05) is 25.0 Å². The summed E-state index contributed by atoms with van der Waals surface area (Å²) in [6.45, 7) is 1.99. The SMILES string of the molecule is O=C(Nc1ccc(C(F)(F)F)cc1)Nc1ccc(C(=O)N2CCOCC2)cn1. The monoisotopic (exact) mass is 394 g/mol. The first-order chi connectivity index (χ1) is 13.3. The first kappa shape index (κ1) is 19.6. The van der Waals surface area contributed by atoms with Crippen molar-refractivity contribution in [1.82, 2.24) is 9.88 Å². The molecule has 2 heterocycles. The predicted octanol–water partition coefficient (Wildman–Crippen LogP) is 3.22. The van der Waals surface area contributed by atoms with Gasteiger partial charge in [-0.15, -0.1) is 0 Å². The molecule has 0 spiro atoms. The fraction of sp³-hybridized carbons (Fsp3) is 0.278. The van der Waals surface area contributed by atoms with Crippen LogP contribution in [0.1, 0.15) is 15.9 Å². The number of benzene rings is 1. The number of ether oxygens (including phenoxy) is 1. The van der Waals surface area contributed by atoms with Crippen molar-refractivity contribution in [3.8, 4) is 0 Å². The largest absolute Gasteiger partial charge is 0.416 e. The lowest BCUT2D eigenvalue weighted by Gasteiger charge is -2.26. The highest BCUT2D eigenvalue weighted by Crippen LogP contribution is 2.29. The number of rotatable bonds is 3. The molecule has 1 aromatic carbocycles. The third kappa shape index (κ3) is 4.97. The van der Waals surface area contributed by atoms with Crippen molar-refractivity contribution in [3.05, 3.63) is 53.7 Å². The number of nitrogens with one attached hydrogen (secondary N) is 2. The zero-order chi connectivity index (χ0) is 20.1. The minimum absolute atomic E-state index is 0.170. The first-order valence-corrected chi connectivity index (χ1v) is 8.41. The van der Waals surface area contributed by atoms with Gasteiger partial charge in [0.15, 0.2) is 0 Å². The lowest BCUT2D eigenvalue weighted by atomic mass is 10.2. The van der Waals surface area contributed by atoms with Crippen molar-refractivity contribution in [1.29, 1.82) is 0 Å². The second-order valence-corrected chi connectivity index (χ2v) is 5.99. The van der Waals surface area contributed by atoms with E-state index >= 15 is 0 Å². The fourth-order valence-electron chi connectivity index (χ4n) is 2.56. The van der Waals surface area contributed by atoms with Crippen LogP contribution in [0.5, 0.6) is 0 Å². The van der Waals surface area contributed by atoms with E-state index in [1.165, 1.54) is 12.3 Å². The molecule has 10 heteroatoms. The number of anilines is 2. The molecule has 7 nitrogen and oxygen atoms in total. The molecule has 1 aromatic heterocycles. The number of amides is 3. The van der Waals surface area contributed by atoms with Crippen LogP contribution in [0.25, 0.3) is 0 Å². The lowest BCUT2D eigenvalue weighted by Crippen LogP contribution is -2.40. The van der Waals surface area contributed by atoms with Crippen LogP contribution in [0, 0.1) is 0 Å². The summed E-state index contributed by atoms with van der Waals surface area (Å²) in [6, 6.07) is 6.40. The van der Waals surface area contributed by atoms with Crippen LogP contribution in [-0.4, -0.2) is 48.1 Å². The Bertz CT molecular complexity index is 833. The fourth-order valence-corrected chi connectivity index (χ4v) is 2.56. The molecule has 3 amide bonds. The third-order valence-electron chi connectivity index (χ3n) is 4.02. The minimum Gasteiger partial charge on any atom is -0.378 e. The van der Waals surface area contributed by atoms with Crippen molar-refractivity contribution in [2.24, 2.45) is 0 Å². The summed E-state index contributed by atoms with van der Waals surface area (Å²) in [4.78, 5) is 30.0. The highest BCUT2D eigenvalue weighted by atomic mass is 19.4. The van der Waals surface area contributed by atoms with E-state index < -0.39 is 17.8 Å². The van der Waals surface area contributed by atoms with E-state index in [4.69, 9.17) is 4.74 Å². The second-order valence-electron chi connectivity index (χ2n) is 5.99. The number of morpholine rings is 1. The van der Waals surface area contributed by atoms with Crippen LogP contribution in [0.15, 0.2) is 42.6 Å². The Hall–Kier alpha value is -3.14. The maximum atomic E-state index is 12.5. The van der Waals surface area contributed by atoms with Crippen LogP contribution >= 0.6 is 0 Å². The van der Waals surface area contributed by atoms with Gasteiger partial charge in [-0.3, -0.25) is 10.1 Å². The van der Waals surface area contributed by atoms with E-state index in [9.17, 15) is 22.8 Å². The molecule has 2 N–H and O–H groups in total. The van der Waals surface area contributed by atoms with E-state index in [1.54, 1.807) is 11.0 Å². The average Bonchev–Trinajstić information content (AvgIpc) is 2.68. The van der Waals surface area contributed by atoms with Gasteiger partial charge in [0.2, 0.25) is 0 Å². The zero-order valence-corrected chi connectivity index (χ0v) is 14.6. The summed E-state index contributed by atoms with van der Waals surface area (Å²) < 4.78 is 42.8. The van der Waals surface area contributed by atoms with Crippen molar-refractivity contribution >= 4 is 23.4 Å². The smallest absolute Gasteiger partial charge is 0.378 e. The molecule has 0 atom stereocenters. The van der Waals surface area contributed by atoms with Crippen molar-refractivity contribution in [2.75, 3.05) is 36.9 Å². The number of aromatic nitrogens is 1. The summed E-state index contributed by atoms with van der Waals surface area (Å²) >= 11 is 0. The van der Waals surface area contributed by atoms with Gasteiger partial charge in [-0.2, -0.15) is 13.2 Å². The van der Waals surface area contributed by atoms with Gasteiger partial charge < -0.3 is 15.0 Å². The molecule has 1 saturated heterocycles. The Morgan fingerprint density at radius 2 is 1.68 bits per heavy atom. The molecule has 0 bridgehead atoms. The molecule has 2 aromatic rings. The third-order valence-corrected chi connectivity index (χ3v) is 4.02. The van der Waals surface area contributed by atoms with E-state index in [0.29, 0.717) is 31.9 Å². The number of alkyl halides is 3. The van der Waals surface area contributed by atoms with E-state index in [-0.39, 0.29) is 17.4 Å². The van der Waals surface area contributed by atoms with Crippen molar-refractivity contribution in [3.63, 3.8) is 0 Å². The lowest BCUT2D eigenvalue weighted by molar-refractivity contribution is -0.137. The standard InChI is InChI=1S/C18H17F3N4O3/c19-18(20,21)13-2-4-14(5-3-13)23-17(27)24-15-6-1-12(11-22-15)16(26)25-7-9-28-10-8-25/h1-6,11H,7-10H2,(H2,22,23,24,27). The molecule has 3 rings (SSSR count). The number of carbonyl (C=O) groups excluding carboxylic acids is 2. The highest BCUT2D eigenvalue weighted by Gasteiger charge is 2.30. The minimum atomic E-state index is -4.44. The molecule has 1 aliphatic heterocycles. The van der Waals surface area contributed by atoms with Crippen LogP contribution in [0.2, 0.25) is 0 Å². The van der Waals surface area contributed by atoms with Gasteiger partial charge in [-0.1, -0.05) is 0 Å². The number of hydrogen-bond acceptors (Lipinski definition) is 4. The van der Waals surface area contributed by atoms with Gasteiger partial charge >= 0.3 is 12.2 Å². The topological polar surface area (TPSA) is 83.6 Å². The molecule has 0 unspecified atom stereocenters. The number of pyridine rings is 1. The molecule has 0 aliphatic carbocycles. The number of hydrogen-bond donors (Lipinski definition) is 2. The van der Waals surface area contributed by atoms with Crippen LogP contribution < -0.4 is 10.6 Å². The predicted molar refractivity (Wildman–Crippen MR) is 95.0 cm³/mol. The summed E-state index contributed by atoms with van der Waals surface area (Å²) in [6.07, 6.45) is -3.09. The normalized spacial score (nSPS) is 14.5. The maximum absolute atomic E-state index is 12.5. The quantitative estimate of drug-likeness (QED) is 0.837. The molecule has 28 heavy (non-hydrogen) atoms. The molecular weight excluding hydrogens is 377 g/mol. The summed E-state index contributed by atoms with van der Waals surface area (Å²) in [7, 11) is 0.